The van der Waals surface area contributed by atoms with E-state index in [4.69, 9.17) is 9.47 Å². The molecule has 0 saturated carbocycles. The second kappa shape index (κ2) is 11.6. The van der Waals surface area contributed by atoms with Crippen LogP contribution < -0.4 is 9.47 Å². The number of ether oxygens (including phenoxy) is 3. The van der Waals surface area contributed by atoms with Gasteiger partial charge in [-0.1, -0.05) is 49.0 Å². The van der Waals surface area contributed by atoms with Gasteiger partial charge in [0.15, 0.2) is 0 Å². The van der Waals surface area contributed by atoms with E-state index in [9.17, 15) is 31.1 Å². The van der Waals surface area contributed by atoms with E-state index in [0.29, 0.717) is 29.9 Å². The molecule has 3 aromatic rings. The van der Waals surface area contributed by atoms with Crippen molar-refractivity contribution < 1.29 is 45.3 Å². The molecule has 0 heterocycles. The Morgan fingerprint density at radius 2 is 1.29 bits per heavy atom. The minimum absolute atomic E-state index is 0.0264. The number of halogens is 6. The molecule has 0 radical (unpaired) electrons. The normalized spacial score (nSPS) is 11.7. The van der Waals surface area contributed by atoms with Gasteiger partial charge in [0.25, 0.3) is 0 Å². The number of hydrogen-bond acceptors (Lipinski definition) is 4. The average molecular weight is 538 g/mol. The van der Waals surface area contributed by atoms with Crippen LogP contribution in [0.15, 0.2) is 72.8 Å². The second-order valence-electron chi connectivity index (χ2n) is 8.28. The second-order valence-corrected chi connectivity index (χ2v) is 8.28. The average Bonchev–Trinajstić information content (AvgIpc) is 2.87. The highest BCUT2D eigenvalue weighted by molar-refractivity contribution is 5.86. The Morgan fingerprint density at radius 3 is 1.79 bits per heavy atom. The lowest BCUT2D eigenvalue weighted by Crippen LogP contribution is -2.19. The van der Waals surface area contributed by atoms with Crippen molar-refractivity contribution in [2.24, 2.45) is 0 Å². The molecule has 0 aliphatic rings. The Balaban J connectivity index is 1.77. The van der Waals surface area contributed by atoms with Crippen molar-refractivity contribution in [1.82, 2.24) is 0 Å². The molecule has 0 aromatic heterocycles. The van der Waals surface area contributed by atoms with E-state index < -0.39 is 40.8 Å². The minimum Gasteiger partial charge on any atom is -0.496 e. The van der Waals surface area contributed by atoms with Crippen molar-refractivity contribution in [2.45, 2.75) is 25.7 Å². The van der Waals surface area contributed by atoms with E-state index >= 15 is 0 Å². The lowest BCUT2D eigenvalue weighted by atomic mass is 9.92. The Morgan fingerprint density at radius 1 is 0.763 bits per heavy atom. The molecule has 4 nitrogen and oxygen atoms in total. The molecule has 0 unspecified atom stereocenters. The van der Waals surface area contributed by atoms with Crippen LogP contribution in [0.2, 0.25) is 0 Å². The largest absolute Gasteiger partial charge is 0.496 e. The maximum absolute atomic E-state index is 13.8. The summed E-state index contributed by atoms with van der Waals surface area (Å²) in [6, 6.07) is 14.4. The lowest BCUT2D eigenvalue weighted by Gasteiger charge is -2.22. The van der Waals surface area contributed by atoms with E-state index in [2.05, 4.69) is 11.3 Å². The van der Waals surface area contributed by atoms with Crippen LogP contribution in [0, 0.1) is 0 Å². The third-order valence-corrected chi connectivity index (χ3v) is 5.48. The Kier molecular flexibility index (Phi) is 8.75. The Hall–Kier alpha value is -3.95. The van der Waals surface area contributed by atoms with Gasteiger partial charge in [-0.2, -0.15) is 26.3 Å². The van der Waals surface area contributed by atoms with Gasteiger partial charge in [-0.25, -0.2) is 4.79 Å². The van der Waals surface area contributed by atoms with E-state index in [1.807, 2.05) is 0 Å². The minimum atomic E-state index is -5.27. The first-order chi connectivity index (χ1) is 17.8. The van der Waals surface area contributed by atoms with Gasteiger partial charge in [0.05, 0.1) is 25.9 Å². The molecule has 0 spiro atoms. The van der Waals surface area contributed by atoms with Crippen molar-refractivity contribution in [1.29, 1.82) is 0 Å². The van der Waals surface area contributed by atoms with Crippen LogP contribution in [0.3, 0.4) is 0 Å². The quantitative estimate of drug-likeness (QED) is 0.120. The molecule has 0 fully saturated rings. The zero-order chi connectivity index (χ0) is 28.1. The summed E-state index contributed by atoms with van der Waals surface area (Å²) in [7, 11) is 0.886. The van der Waals surface area contributed by atoms with Gasteiger partial charge < -0.3 is 14.2 Å². The van der Waals surface area contributed by atoms with Crippen molar-refractivity contribution in [3.05, 3.63) is 83.9 Å². The van der Waals surface area contributed by atoms with Crippen LogP contribution >= 0.6 is 0 Å². The fourth-order valence-corrected chi connectivity index (χ4v) is 3.69. The number of alkyl halides is 6. The number of hydrogen-bond donors (Lipinski definition) is 0. The fraction of sp³-hybridized carbons (Fsp3) is 0.250. The number of methoxy groups -OCH3 is 1. The zero-order valence-electron chi connectivity index (χ0n) is 20.5. The first-order valence-electron chi connectivity index (χ1n) is 11.3. The highest BCUT2D eigenvalue weighted by atomic mass is 19.4. The predicted molar refractivity (Wildman–Crippen MR) is 130 cm³/mol. The van der Waals surface area contributed by atoms with Gasteiger partial charge in [-0.3, -0.25) is 0 Å². The van der Waals surface area contributed by atoms with E-state index in [1.54, 1.807) is 31.2 Å². The van der Waals surface area contributed by atoms with E-state index in [0.717, 1.165) is 24.8 Å². The van der Waals surface area contributed by atoms with Gasteiger partial charge in [-0.05, 0) is 47.4 Å². The number of benzene rings is 3. The predicted octanol–water partition coefficient (Wildman–Crippen LogP) is 7.96. The van der Waals surface area contributed by atoms with Crippen LogP contribution in [0.1, 0.15) is 24.5 Å². The molecule has 0 aliphatic carbocycles. The molecule has 3 rings (SSSR count). The van der Waals surface area contributed by atoms with Crippen molar-refractivity contribution in [3.63, 3.8) is 0 Å². The van der Waals surface area contributed by atoms with Crippen molar-refractivity contribution >= 4 is 5.97 Å². The van der Waals surface area contributed by atoms with Gasteiger partial charge >= 0.3 is 18.3 Å². The van der Waals surface area contributed by atoms with Gasteiger partial charge in [0.1, 0.15) is 17.1 Å². The zero-order valence-corrected chi connectivity index (χ0v) is 20.5. The molecule has 0 aliphatic heterocycles. The third kappa shape index (κ3) is 6.87. The summed E-state index contributed by atoms with van der Waals surface area (Å²) >= 11 is 0. The highest BCUT2D eigenvalue weighted by Gasteiger charge is 2.47. The summed E-state index contributed by atoms with van der Waals surface area (Å²) in [5.74, 6) is -0.813. The Labute approximate surface area is 215 Å². The fourth-order valence-electron chi connectivity index (χ4n) is 3.69. The summed E-state index contributed by atoms with van der Waals surface area (Å²) in [5.41, 5.74) is -2.61. The SMILES string of the molecule is C=C(C)C(=O)OCCCOc1ccc(-c2ccc(-c3ccc(OC)c(C(F)(F)F)c3C(F)(F)F)cc2)cc1. The molecule has 0 saturated heterocycles. The molecule has 38 heavy (non-hydrogen) atoms. The van der Waals surface area contributed by atoms with Gasteiger partial charge in [-0.15, -0.1) is 0 Å². The van der Waals surface area contributed by atoms with Crippen LogP contribution in [-0.4, -0.2) is 26.3 Å². The number of rotatable bonds is 9. The summed E-state index contributed by atoms with van der Waals surface area (Å²) in [4.78, 5) is 11.3. The molecular formula is C28H24F6O4. The van der Waals surface area contributed by atoms with Gasteiger partial charge in [0.2, 0.25) is 0 Å². The molecule has 202 valence electrons. The number of carbonyl (C=O) groups is 1. The molecule has 0 bridgehead atoms. The topological polar surface area (TPSA) is 44.8 Å². The highest BCUT2D eigenvalue weighted by Crippen LogP contribution is 2.49. The Bertz CT molecular complexity index is 1280. The molecule has 0 amide bonds. The maximum Gasteiger partial charge on any atom is 0.420 e. The first kappa shape index (κ1) is 28.6. The maximum atomic E-state index is 13.8. The molecular weight excluding hydrogens is 514 g/mol. The summed E-state index contributed by atoms with van der Waals surface area (Å²) in [6.45, 7) is 5.53. The van der Waals surface area contributed by atoms with Gasteiger partial charge in [0, 0.05) is 12.0 Å². The van der Waals surface area contributed by atoms with Crippen LogP contribution in [-0.2, 0) is 21.9 Å². The summed E-state index contributed by atoms with van der Waals surface area (Å²) in [5, 5.41) is 0. The van der Waals surface area contributed by atoms with Crippen molar-refractivity contribution in [2.75, 3.05) is 20.3 Å². The standard InChI is InChI=1S/C28H24F6O4/c1-17(2)26(35)38-16-4-15-37-21-11-9-19(10-12-21)18-5-7-20(8-6-18)22-13-14-23(36-3)25(28(32,33)34)24(22)27(29,30)31/h5-14H,1,4,15-16H2,2-3H3. The van der Waals surface area contributed by atoms with E-state index in [1.165, 1.54) is 24.3 Å². The molecule has 10 heteroatoms. The van der Waals surface area contributed by atoms with Crippen LogP contribution in [0.25, 0.3) is 22.3 Å². The number of carbonyl (C=O) groups excluding carboxylic acids is 1. The van der Waals surface area contributed by atoms with E-state index in [-0.39, 0.29) is 12.2 Å². The van der Waals surface area contributed by atoms with Crippen LogP contribution in [0.4, 0.5) is 26.3 Å². The lowest BCUT2D eigenvalue weighted by molar-refractivity contribution is -0.162. The van der Waals surface area contributed by atoms with Crippen LogP contribution in [0.5, 0.6) is 11.5 Å². The summed E-state index contributed by atoms with van der Waals surface area (Å²) < 4.78 is 97.5. The molecule has 3 aromatic carbocycles. The molecule has 0 atom stereocenters. The molecule has 0 N–H and O–H groups in total. The summed E-state index contributed by atoms with van der Waals surface area (Å²) in [6.07, 6.45) is -10.1. The monoisotopic (exact) mass is 538 g/mol. The number of esters is 1. The first-order valence-corrected chi connectivity index (χ1v) is 11.3. The van der Waals surface area contributed by atoms with Crippen molar-refractivity contribution in [3.8, 4) is 33.8 Å². The smallest absolute Gasteiger partial charge is 0.420 e. The third-order valence-electron chi connectivity index (χ3n) is 5.48.